The van der Waals surface area contributed by atoms with E-state index in [-0.39, 0.29) is 17.4 Å². The molecule has 33 heavy (non-hydrogen) atoms. The van der Waals surface area contributed by atoms with Gasteiger partial charge >= 0.3 is 0 Å². The van der Waals surface area contributed by atoms with Gasteiger partial charge in [-0.1, -0.05) is 0 Å². The highest BCUT2D eigenvalue weighted by Crippen LogP contribution is 2.33. The Morgan fingerprint density at radius 1 is 1.12 bits per heavy atom. The van der Waals surface area contributed by atoms with Crippen LogP contribution in [0.25, 0.3) is 33.2 Å². The van der Waals surface area contributed by atoms with Crippen molar-refractivity contribution in [3.8, 4) is 17.1 Å². The van der Waals surface area contributed by atoms with Gasteiger partial charge in [-0.2, -0.15) is 5.10 Å². The zero-order valence-electron chi connectivity index (χ0n) is 19.2. The number of likely N-dealkylation sites (N-methyl/N-ethyl adjacent to an activating group) is 1. The van der Waals surface area contributed by atoms with Gasteiger partial charge in [-0.25, -0.2) is 9.97 Å². The molecule has 1 amide bonds. The smallest absolute Gasteiger partial charge is 0.270 e. The van der Waals surface area contributed by atoms with Crippen LogP contribution in [0.1, 0.15) is 17.4 Å². The third-order valence-corrected chi connectivity index (χ3v) is 6.42. The molecular weight excluding hydrogens is 418 g/mol. The summed E-state index contributed by atoms with van der Waals surface area (Å²) in [7, 11) is 5.55. The van der Waals surface area contributed by atoms with Crippen LogP contribution in [-0.2, 0) is 7.05 Å². The quantitative estimate of drug-likeness (QED) is 0.500. The number of aromatic nitrogens is 4. The minimum atomic E-state index is -0.297. The Kier molecular flexibility index (Phi) is 5.13. The van der Waals surface area contributed by atoms with E-state index in [0.717, 1.165) is 30.7 Å². The number of carbonyl (C=O) groups is 1. The summed E-state index contributed by atoms with van der Waals surface area (Å²) in [5.41, 5.74) is 3.11. The highest BCUT2D eigenvalue weighted by atomic mass is 16.3. The van der Waals surface area contributed by atoms with Crippen LogP contribution >= 0.6 is 0 Å². The third kappa shape index (κ3) is 3.74. The molecule has 3 heterocycles. The molecule has 9 heteroatoms. The largest absolute Gasteiger partial charge is 0.507 e. The van der Waals surface area contributed by atoms with Gasteiger partial charge < -0.3 is 20.2 Å². The first-order valence-corrected chi connectivity index (χ1v) is 11.0. The van der Waals surface area contributed by atoms with Crippen molar-refractivity contribution < 1.29 is 9.90 Å². The Bertz CT molecular complexity index is 1380. The summed E-state index contributed by atoms with van der Waals surface area (Å²) in [5.74, 6) is 0.0197. The lowest BCUT2D eigenvalue weighted by atomic mass is 10.1. The molecule has 1 aliphatic rings. The number of carbonyl (C=O) groups excluding carboxylic acids is 1. The first kappa shape index (κ1) is 21.1. The van der Waals surface area contributed by atoms with E-state index in [2.05, 4.69) is 39.2 Å². The van der Waals surface area contributed by atoms with Gasteiger partial charge in [0.2, 0.25) is 0 Å². The Morgan fingerprint density at radius 3 is 2.70 bits per heavy atom. The number of aromatic hydroxyl groups is 1. The number of benzene rings is 2. The molecule has 1 saturated heterocycles. The molecule has 0 unspecified atom stereocenters. The number of nitrogens with one attached hydrogen (secondary N) is 1. The summed E-state index contributed by atoms with van der Waals surface area (Å²) >= 11 is 0. The summed E-state index contributed by atoms with van der Waals surface area (Å²) in [6, 6.07) is 9.78. The molecule has 0 bridgehead atoms. The summed E-state index contributed by atoms with van der Waals surface area (Å²) in [4.78, 5) is 26.8. The molecule has 1 aliphatic heterocycles. The lowest BCUT2D eigenvalue weighted by Crippen LogP contribution is -2.50. The fourth-order valence-electron chi connectivity index (χ4n) is 4.37. The van der Waals surface area contributed by atoms with Gasteiger partial charge in [0.1, 0.15) is 11.4 Å². The predicted molar refractivity (Wildman–Crippen MR) is 129 cm³/mol. The van der Waals surface area contributed by atoms with Gasteiger partial charge in [-0.15, -0.1) is 0 Å². The SMILES string of the molecule is CNC(=O)c1nc(-c2cc3cn(C)nc3cc2O)nc2ccc(N3CCN(C)[C@@H](C)C3)cc12. The zero-order chi connectivity index (χ0) is 23.3. The van der Waals surface area contributed by atoms with Gasteiger partial charge in [0, 0.05) is 68.5 Å². The van der Waals surface area contributed by atoms with Crippen LogP contribution in [0.3, 0.4) is 0 Å². The number of hydrogen-bond donors (Lipinski definition) is 2. The molecule has 2 N–H and O–H groups in total. The van der Waals surface area contributed by atoms with Gasteiger partial charge in [0.05, 0.1) is 16.6 Å². The predicted octanol–water partition coefficient (Wildman–Crippen LogP) is 2.39. The molecular formula is C24H27N7O2. The second kappa shape index (κ2) is 8.00. The topological polar surface area (TPSA) is 99.4 Å². The number of piperazine rings is 1. The van der Waals surface area contributed by atoms with Crippen molar-refractivity contribution in [2.75, 3.05) is 38.6 Å². The molecule has 9 nitrogen and oxygen atoms in total. The fourth-order valence-corrected chi connectivity index (χ4v) is 4.37. The molecule has 0 spiro atoms. The van der Waals surface area contributed by atoms with Crippen molar-refractivity contribution in [1.29, 1.82) is 0 Å². The van der Waals surface area contributed by atoms with Crippen LogP contribution in [0, 0.1) is 0 Å². The third-order valence-electron chi connectivity index (χ3n) is 6.42. The highest BCUT2D eigenvalue weighted by Gasteiger charge is 2.23. The molecule has 1 atom stereocenters. The van der Waals surface area contributed by atoms with Crippen molar-refractivity contribution >= 4 is 33.4 Å². The van der Waals surface area contributed by atoms with E-state index in [4.69, 9.17) is 4.98 Å². The molecule has 0 radical (unpaired) electrons. The number of phenols is 1. The molecule has 1 fully saturated rings. The van der Waals surface area contributed by atoms with Crippen molar-refractivity contribution in [2.45, 2.75) is 13.0 Å². The molecule has 0 saturated carbocycles. The number of rotatable bonds is 3. The molecule has 170 valence electrons. The van der Waals surface area contributed by atoms with Crippen LogP contribution in [0.5, 0.6) is 5.75 Å². The molecule has 2 aromatic heterocycles. The number of aryl methyl sites for hydroxylation is 1. The second-order valence-corrected chi connectivity index (χ2v) is 8.68. The van der Waals surface area contributed by atoms with Gasteiger partial charge in [-0.3, -0.25) is 9.48 Å². The minimum Gasteiger partial charge on any atom is -0.507 e. The summed E-state index contributed by atoms with van der Waals surface area (Å²) in [5, 5.41) is 19.2. The van der Waals surface area contributed by atoms with E-state index in [9.17, 15) is 9.90 Å². The van der Waals surface area contributed by atoms with Gasteiger partial charge in [0.15, 0.2) is 5.82 Å². The van der Waals surface area contributed by atoms with Gasteiger partial charge in [-0.05, 0) is 38.2 Å². The average Bonchev–Trinajstić information content (AvgIpc) is 3.17. The number of nitrogens with zero attached hydrogens (tertiary/aromatic N) is 6. The normalized spacial score (nSPS) is 17.1. The van der Waals surface area contributed by atoms with Gasteiger partial charge in [0.25, 0.3) is 5.91 Å². The highest BCUT2D eigenvalue weighted by molar-refractivity contribution is 6.05. The van der Waals surface area contributed by atoms with E-state index in [1.807, 2.05) is 31.4 Å². The Labute approximate surface area is 191 Å². The second-order valence-electron chi connectivity index (χ2n) is 8.68. The summed E-state index contributed by atoms with van der Waals surface area (Å²) in [6.45, 7) is 5.02. The van der Waals surface area contributed by atoms with Crippen LogP contribution < -0.4 is 10.2 Å². The van der Waals surface area contributed by atoms with Crippen LogP contribution in [0.4, 0.5) is 5.69 Å². The number of amides is 1. The van der Waals surface area contributed by atoms with E-state index in [1.54, 1.807) is 23.9 Å². The first-order valence-electron chi connectivity index (χ1n) is 11.0. The lowest BCUT2D eigenvalue weighted by molar-refractivity contribution is 0.0960. The summed E-state index contributed by atoms with van der Waals surface area (Å²) in [6.07, 6.45) is 1.86. The monoisotopic (exact) mass is 445 g/mol. The van der Waals surface area contributed by atoms with Crippen molar-refractivity contribution in [3.05, 3.63) is 42.2 Å². The number of anilines is 1. The van der Waals surface area contributed by atoms with Crippen molar-refractivity contribution in [3.63, 3.8) is 0 Å². The van der Waals surface area contributed by atoms with E-state index >= 15 is 0 Å². The fraction of sp³-hybridized carbons (Fsp3) is 0.333. The molecule has 4 aromatic rings. The number of fused-ring (bicyclic) bond motifs is 2. The van der Waals surface area contributed by atoms with Crippen LogP contribution in [0.15, 0.2) is 36.5 Å². The zero-order valence-corrected chi connectivity index (χ0v) is 19.2. The number of phenolic OH excluding ortho intramolecular Hbond substituents is 1. The van der Waals surface area contributed by atoms with Crippen LogP contribution in [0.2, 0.25) is 0 Å². The molecule has 5 rings (SSSR count). The van der Waals surface area contributed by atoms with Crippen molar-refractivity contribution in [1.82, 2.24) is 30.0 Å². The van der Waals surface area contributed by atoms with E-state index in [0.29, 0.717) is 33.8 Å². The number of hydrogen-bond acceptors (Lipinski definition) is 7. The summed E-state index contributed by atoms with van der Waals surface area (Å²) < 4.78 is 1.69. The maximum atomic E-state index is 12.8. The lowest BCUT2D eigenvalue weighted by Gasteiger charge is -2.39. The van der Waals surface area contributed by atoms with Crippen LogP contribution in [-0.4, -0.2) is 75.4 Å². The average molecular weight is 446 g/mol. The first-order chi connectivity index (χ1) is 15.8. The standard InChI is InChI=1S/C24H27N7O2/c1-14-12-31(8-7-29(14)3)16-5-6-19-17(10-16)22(24(33)25-2)27-23(26-19)18-9-15-13-30(4)28-20(15)11-21(18)32/h5-6,9-11,13-14,32H,7-8,12H2,1-4H3,(H,25,33)/t14-/m0/s1. The van der Waals surface area contributed by atoms with E-state index in [1.165, 1.54) is 0 Å². The Morgan fingerprint density at radius 2 is 1.94 bits per heavy atom. The maximum Gasteiger partial charge on any atom is 0.270 e. The maximum absolute atomic E-state index is 12.8. The molecule has 2 aromatic carbocycles. The Hall–Kier alpha value is -3.72. The van der Waals surface area contributed by atoms with E-state index < -0.39 is 0 Å². The molecule has 0 aliphatic carbocycles. The Balaban J connectivity index is 1.64. The van der Waals surface area contributed by atoms with Crippen molar-refractivity contribution in [2.24, 2.45) is 7.05 Å². The minimum absolute atomic E-state index is 0.0199.